The summed E-state index contributed by atoms with van der Waals surface area (Å²) >= 11 is 0. The van der Waals surface area contributed by atoms with Gasteiger partial charge in [0.2, 0.25) is 0 Å². The van der Waals surface area contributed by atoms with Gasteiger partial charge in [-0.2, -0.15) is 13.2 Å². The Labute approximate surface area is 188 Å². The van der Waals surface area contributed by atoms with E-state index >= 15 is 0 Å². The lowest BCUT2D eigenvalue weighted by Gasteiger charge is -2.33. The van der Waals surface area contributed by atoms with Gasteiger partial charge in [-0.1, -0.05) is 5.16 Å². The molecular formula is C21H27F3N4O5. The number of carboxylic acid groups (broad SMARTS) is 1. The molecule has 182 valence electrons. The van der Waals surface area contributed by atoms with Gasteiger partial charge in [-0.3, -0.25) is 4.79 Å². The summed E-state index contributed by atoms with van der Waals surface area (Å²) in [5.41, 5.74) is 3.44. The maximum atomic E-state index is 13.1. The summed E-state index contributed by atoms with van der Waals surface area (Å²) in [5.74, 6) is -1.30. The average molecular weight is 472 g/mol. The minimum Gasteiger partial charge on any atom is -0.475 e. The Morgan fingerprint density at radius 3 is 2.48 bits per heavy atom. The Kier molecular flexibility index (Phi) is 7.45. The highest BCUT2D eigenvalue weighted by Gasteiger charge is 2.38. The SMILES string of the molecule is CCOCC1CN(C(=O)c2c(C)noc2C)Cc2ncn(CC3CC3)c21.O=C(O)C(F)(F)F. The summed E-state index contributed by atoms with van der Waals surface area (Å²) in [7, 11) is 0. The molecule has 1 unspecified atom stereocenters. The molecule has 2 aliphatic rings. The quantitative estimate of drug-likeness (QED) is 0.687. The van der Waals surface area contributed by atoms with Crippen molar-refractivity contribution < 1.29 is 37.1 Å². The van der Waals surface area contributed by atoms with Crippen LogP contribution < -0.4 is 0 Å². The topological polar surface area (TPSA) is 111 Å². The molecule has 1 aliphatic carbocycles. The number of hydrogen-bond acceptors (Lipinski definition) is 6. The summed E-state index contributed by atoms with van der Waals surface area (Å²) in [6, 6.07) is 0. The predicted octanol–water partition coefficient (Wildman–Crippen LogP) is 3.31. The standard InChI is InChI=1S/C19H26N4O3.C2HF3O2/c1-4-25-10-15-8-22(19(24)17-12(2)21-26-13(17)3)9-16-18(15)23(11-20-16)7-14-5-6-14;3-2(4,5)1(6)7/h11,14-15H,4-10H2,1-3H3;(H,6,7). The second-order valence-corrected chi connectivity index (χ2v) is 8.22. The van der Waals surface area contributed by atoms with Gasteiger partial charge in [0, 0.05) is 31.3 Å². The third-order valence-corrected chi connectivity index (χ3v) is 5.58. The molecule has 9 nitrogen and oxygen atoms in total. The average Bonchev–Trinajstić information content (AvgIpc) is 3.38. The monoisotopic (exact) mass is 472 g/mol. The van der Waals surface area contributed by atoms with Crippen LogP contribution in [0.5, 0.6) is 0 Å². The smallest absolute Gasteiger partial charge is 0.475 e. The summed E-state index contributed by atoms with van der Waals surface area (Å²) in [4.78, 5) is 28.5. The molecule has 12 heteroatoms. The fraction of sp³-hybridized carbons (Fsp3) is 0.619. The highest BCUT2D eigenvalue weighted by atomic mass is 19.4. The van der Waals surface area contributed by atoms with Gasteiger partial charge in [-0.05, 0) is 39.5 Å². The Bertz CT molecular complexity index is 977. The van der Waals surface area contributed by atoms with Gasteiger partial charge in [-0.15, -0.1) is 0 Å². The number of amides is 1. The largest absolute Gasteiger partial charge is 0.490 e. The molecule has 2 aromatic heterocycles. The number of imidazole rings is 1. The Hall–Kier alpha value is -2.89. The van der Waals surface area contributed by atoms with Crippen molar-refractivity contribution in [3.05, 3.63) is 34.7 Å². The number of fused-ring (bicyclic) bond motifs is 1. The van der Waals surface area contributed by atoms with Crippen LogP contribution in [-0.4, -0.2) is 62.5 Å². The lowest BCUT2D eigenvalue weighted by molar-refractivity contribution is -0.192. The lowest BCUT2D eigenvalue weighted by atomic mass is 9.97. The number of carboxylic acids is 1. The highest BCUT2D eigenvalue weighted by molar-refractivity contribution is 5.96. The molecule has 0 bridgehead atoms. The number of carbonyl (C=O) groups excluding carboxylic acids is 1. The van der Waals surface area contributed by atoms with Crippen LogP contribution in [0.1, 0.15) is 58.9 Å². The number of halogens is 3. The number of rotatable bonds is 6. The van der Waals surface area contributed by atoms with E-state index in [2.05, 4.69) is 14.7 Å². The Morgan fingerprint density at radius 1 is 1.30 bits per heavy atom. The first-order valence-electron chi connectivity index (χ1n) is 10.7. The van der Waals surface area contributed by atoms with Gasteiger partial charge < -0.3 is 23.8 Å². The minimum absolute atomic E-state index is 0.0369. The third-order valence-electron chi connectivity index (χ3n) is 5.58. The van der Waals surface area contributed by atoms with Crippen LogP contribution in [0.15, 0.2) is 10.9 Å². The van der Waals surface area contributed by atoms with E-state index in [1.165, 1.54) is 18.5 Å². The zero-order chi connectivity index (χ0) is 24.3. The molecule has 4 rings (SSSR count). The van der Waals surface area contributed by atoms with Gasteiger partial charge in [0.25, 0.3) is 5.91 Å². The van der Waals surface area contributed by atoms with E-state index in [0.717, 1.165) is 18.2 Å². The molecule has 2 aromatic rings. The van der Waals surface area contributed by atoms with Crippen molar-refractivity contribution in [3.8, 4) is 0 Å². The number of aryl methyl sites for hydroxylation is 2. The molecule has 33 heavy (non-hydrogen) atoms. The number of nitrogens with zero attached hydrogens (tertiary/aromatic N) is 4. The number of ether oxygens (including phenoxy) is 1. The van der Waals surface area contributed by atoms with E-state index in [0.29, 0.717) is 43.3 Å². The van der Waals surface area contributed by atoms with E-state index in [1.807, 2.05) is 18.2 Å². The van der Waals surface area contributed by atoms with Gasteiger partial charge in [-0.25, -0.2) is 9.78 Å². The normalized spacial score (nSPS) is 17.9. The fourth-order valence-corrected chi connectivity index (χ4v) is 3.84. The lowest BCUT2D eigenvalue weighted by Crippen LogP contribution is -2.40. The van der Waals surface area contributed by atoms with E-state index in [4.69, 9.17) is 19.2 Å². The van der Waals surface area contributed by atoms with Gasteiger partial charge in [0.1, 0.15) is 11.3 Å². The number of aromatic nitrogens is 3. The van der Waals surface area contributed by atoms with Crippen LogP contribution >= 0.6 is 0 Å². The van der Waals surface area contributed by atoms with Crippen molar-refractivity contribution in [2.24, 2.45) is 5.92 Å². The molecular weight excluding hydrogens is 445 g/mol. The molecule has 0 radical (unpaired) electrons. The van der Waals surface area contributed by atoms with Crippen molar-refractivity contribution in [1.82, 2.24) is 19.6 Å². The van der Waals surface area contributed by atoms with Gasteiger partial charge in [0.15, 0.2) is 0 Å². The van der Waals surface area contributed by atoms with Crippen LogP contribution in [0.3, 0.4) is 0 Å². The summed E-state index contributed by atoms with van der Waals surface area (Å²) in [6.45, 7) is 9.04. The molecule has 1 saturated carbocycles. The van der Waals surface area contributed by atoms with Crippen molar-refractivity contribution in [2.75, 3.05) is 19.8 Å². The number of hydrogen-bond donors (Lipinski definition) is 1. The maximum absolute atomic E-state index is 13.1. The first-order valence-corrected chi connectivity index (χ1v) is 10.7. The van der Waals surface area contributed by atoms with Gasteiger partial charge >= 0.3 is 12.1 Å². The zero-order valence-electron chi connectivity index (χ0n) is 18.7. The van der Waals surface area contributed by atoms with E-state index in [9.17, 15) is 18.0 Å². The Morgan fingerprint density at radius 2 is 1.97 bits per heavy atom. The van der Waals surface area contributed by atoms with Crippen LogP contribution in [0.4, 0.5) is 13.2 Å². The molecule has 1 aliphatic heterocycles. The first-order chi connectivity index (χ1) is 15.5. The van der Waals surface area contributed by atoms with Crippen LogP contribution in [-0.2, 0) is 22.6 Å². The maximum Gasteiger partial charge on any atom is 0.490 e. The highest BCUT2D eigenvalue weighted by Crippen LogP contribution is 2.35. The molecule has 0 saturated heterocycles. The summed E-state index contributed by atoms with van der Waals surface area (Å²) in [6.07, 6.45) is -0.536. The van der Waals surface area contributed by atoms with Gasteiger partial charge in [0.05, 0.1) is 30.9 Å². The van der Waals surface area contributed by atoms with Crippen molar-refractivity contribution in [3.63, 3.8) is 0 Å². The van der Waals surface area contributed by atoms with Crippen molar-refractivity contribution in [1.29, 1.82) is 0 Å². The second-order valence-electron chi connectivity index (χ2n) is 8.22. The van der Waals surface area contributed by atoms with E-state index in [1.54, 1.807) is 13.8 Å². The van der Waals surface area contributed by atoms with E-state index in [-0.39, 0.29) is 11.8 Å². The van der Waals surface area contributed by atoms with Crippen molar-refractivity contribution in [2.45, 2.75) is 58.8 Å². The Balaban J connectivity index is 0.000000383. The molecule has 1 atom stereocenters. The third kappa shape index (κ3) is 5.92. The summed E-state index contributed by atoms with van der Waals surface area (Å²) in [5, 5.41) is 11.0. The molecule has 1 N–H and O–H groups in total. The van der Waals surface area contributed by atoms with Crippen LogP contribution in [0.25, 0.3) is 0 Å². The molecule has 0 aromatic carbocycles. The predicted molar refractivity (Wildman–Crippen MR) is 109 cm³/mol. The molecule has 3 heterocycles. The van der Waals surface area contributed by atoms with Crippen LogP contribution in [0.2, 0.25) is 0 Å². The number of carbonyl (C=O) groups is 2. The molecule has 1 fully saturated rings. The summed E-state index contributed by atoms with van der Waals surface area (Å²) < 4.78 is 44.9. The fourth-order valence-electron chi connectivity index (χ4n) is 3.84. The zero-order valence-corrected chi connectivity index (χ0v) is 18.7. The molecule has 1 amide bonds. The van der Waals surface area contributed by atoms with Crippen LogP contribution in [0, 0.1) is 19.8 Å². The minimum atomic E-state index is -5.08. The molecule has 0 spiro atoms. The first kappa shape index (κ1) is 24.7. The number of alkyl halides is 3. The second kappa shape index (κ2) is 9.94. The van der Waals surface area contributed by atoms with E-state index < -0.39 is 12.1 Å². The number of aliphatic carboxylic acids is 1. The van der Waals surface area contributed by atoms with Crippen molar-refractivity contribution >= 4 is 11.9 Å².